The van der Waals surface area contributed by atoms with Crippen molar-refractivity contribution < 1.29 is 9.90 Å². The Hall–Kier alpha value is -3.00. The fourth-order valence-corrected chi connectivity index (χ4v) is 2.15. The molecule has 0 radical (unpaired) electrons. The standard InChI is InChI=1S/C17H17N3O2/c1-17(16(21)22,13-4-3-5-15(10-13)19-2)20-14-8-6-12(11-18)7-9-14/h3-10,19-20H,1-2H3,(H,21,22). The van der Waals surface area contributed by atoms with Gasteiger partial charge in [-0.3, -0.25) is 0 Å². The average Bonchev–Trinajstić information content (AvgIpc) is 2.55. The number of anilines is 2. The zero-order chi connectivity index (χ0) is 16.2. The van der Waals surface area contributed by atoms with Gasteiger partial charge in [-0.2, -0.15) is 5.26 Å². The second-order valence-electron chi connectivity index (χ2n) is 5.08. The third kappa shape index (κ3) is 3.01. The van der Waals surface area contributed by atoms with Crippen LogP contribution in [0.2, 0.25) is 0 Å². The van der Waals surface area contributed by atoms with Crippen molar-refractivity contribution in [3.8, 4) is 6.07 Å². The van der Waals surface area contributed by atoms with Gasteiger partial charge < -0.3 is 15.7 Å². The minimum atomic E-state index is -1.28. The molecule has 2 aromatic carbocycles. The van der Waals surface area contributed by atoms with Crippen molar-refractivity contribution in [1.82, 2.24) is 0 Å². The number of aliphatic carboxylic acids is 1. The van der Waals surface area contributed by atoms with Crippen LogP contribution in [-0.2, 0) is 10.3 Å². The van der Waals surface area contributed by atoms with Crippen LogP contribution in [0.25, 0.3) is 0 Å². The number of carboxylic acids is 1. The summed E-state index contributed by atoms with van der Waals surface area (Å²) in [5, 5.41) is 24.5. The third-order valence-electron chi connectivity index (χ3n) is 3.56. The highest BCUT2D eigenvalue weighted by Gasteiger charge is 2.35. The number of hydrogen-bond donors (Lipinski definition) is 3. The number of nitriles is 1. The highest BCUT2D eigenvalue weighted by atomic mass is 16.4. The van der Waals surface area contributed by atoms with E-state index in [1.54, 1.807) is 50.4 Å². The Bertz CT molecular complexity index is 719. The van der Waals surface area contributed by atoms with E-state index < -0.39 is 11.5 Å². The topological polar surface area (TPSA) is 85.1 Å². The zero-order valence-corrected chi connectivity index (χ0v) is 12.4. The molecule has 0 heterocycles. The maximum absolute atomic E-state index is 11.8. The first-order valence-corrected chi connectivity index (χ1v) is 6.79. The lowest BCUT2D eigenvalue weighted by atomic mass is 9.91. The summed E-state index contributed by atoms with van der Waals surface area (Å²) < 4.78 is 0. The third-order valence-corrected chi connectivity index (χ3v) is 3.56. The van der Waals surface area contributed by atoms with E-state index in [0.29, 0.717) is 16.8 Å². The summed E-state index contributed by atoms with van der Waals surface area (Å²) in [5.41, 5.74) is 1.36. The summed E-state index contributed by atoms with van der Waals surface area (Å²) in [6.45, 7) is 1.61. The molecular weight excluding hydrogens is 278 g/mol. The summed E-state index contributed by atoms with van der Waals surface area (Å²) in [5.74, 6) is -0.981. The van der Waals surface area contributed by atoms with Crippen LogP contribution in [0.15, 0.2) is 48.5 Å². The molecule has 0 amide bonds. The number of nitrogens with one attached hydrogen (secondary N) is 2. The van der Waals surface area contributed by atoms with Crippen LogP contribution in [0.4, 0.5) is 11.4 Å². The van der Waals surface area contributed by atoms with Crippen molar-refractivity contribution in [2.75, 3.05) is 17.7 Å². The monoisotopic (exact) mass is 295 g/mol. The van der Waals surface area contributed by atoms with E-state index in [1.165, 1.54) is 0 Å². The molecule has 112 valence electrons. The first-order chi connectivity index (χ1) is 10.5. The molecule has 3 N–H and O–H groups in total. The molecule has 0 saturated carbocycles. The zero-order valence-electron chi connectivity index (χ0n) is 12.4. The van der Waals surface area contributed by atoms with Crippen molar-refractivity contribution in [2.24, 2.45) is 0 Å². The van der Waals surface area contributed by atoms with E-state index in [4.69, 9.17) is 5.26 Å². The first kappa shape index (κ1) is 15.4. The van der Waals surface area contributed by atoms with E-state index >= 15 is 0 Å². The van der Waals surface area contributed by atoms with Gasteiger partial charge in [0.05, 0.1) is 11.6 Å². The van der Waals surface area contributed by atoms with Crippen LogP contribution < -0.4 is 10.6 Å². The quantitative estimate of drug-likeness (QED) is 0.789. The molecule has 1 unspecified atom stereocenters. The van der Waals surface area contributed by atoms with Gasteiger partial charge in [0.25, 0.3) is 0 Å². The van der Waals surface area contributed by atoms with Gasteiger partial charge in [-0.25, -0.2) is 4.79 Å². The van der Waals surface area contributed by atoms with E-state index in [-0.39, 0.29) is 0 Å². The molecule has 0 spiro atoms. The Morgan fingerprint density at radius 1 is 1.18 bits per heavy atom. The predicted octanol–water partition coefficient (Wildman–Crippen LogP) is 3.01. The van der Waals surface area contributed by atoms with Crippen LogP contribution in [0, 0.1) is 11.3 Å². The van der Waals surface area contributed by atoms with Crippen molar-refractivity contribution in [1.29, 1.82) is 5.26 Å². The molecule has 0 fully saturated rings. The molecule has 2 aromatic rings. The SMILES string of the molecule is CNc1cccc(C(C)(Nc2ccc(C#N)cc2)C(=O)O)c1. The second kappa shape index (κ2) is 6.19. The van der Waals surface area contributed by atoms with E-state index in [1.807, 2.05) is 18.2 Å². The highest BCUT2D eigenvalue weighted by molar-refractivity contribution is 5.84. The summed E-state index contributed by atoms with van der Waals surface area (Å²) in [6.07, 6.45) is 0. The van der Waals surface area contributed by atoms with Gasteiger partial charge in [-0.1, -0.05) is 12.1 Å². The summed E-state index contributed by atoms with van der Waals surface area (Å²) in [6, 6.07) is 16.0. The largest absolute Gasteiger partial charge is 0.479 e. The van der Waals surface area contributed by atoms with Crippen LogP contribution in [0.1, 0.15) is 18.1 Å². The van der Waals surface area contributed by atoms with Crippen LogP contribution in [0.5, 0.6) is 0 Å². The molecule has 5 nitrogen and oxygen atoms in total. The molecule has 0 aromatic heterocycles. The molecule has 2 rings (SSSR count). The average molecular weight is 295 g/mol. The number of carboxylic acid groups (broad SMARTS) is 1. The molecular formula is C17H17N3O2. The van der Waals surface area contributed by atoms with E-state index in [2.05, 4.69) is 10.6 Å². The minimum Gasteiger partial charge on any atom is -0.479 e. The minimum absolute atomic E-state index is 0.528. The number of benzene rings is 2. The second-order valence-corrected chi connectivity index (χ2v) is 5.08. The number of nitrogens with zero attached hydrogens (tertiary/aromatic N) is 1. The van der Waals surface area contributed by atoms with Gasteiger partial charge in [0.1, 0.15) is 0 Å². The molecule has 0 saturated heterocycles. The lowest BCUT2D eigenvalue weighted by Crippen LogP contribution is -2.40. The Balaban J connectivity index is 2.39. The van der Waals surface area contributed by atoms with Gasteiger partial charge in [0, 0.05) is 18.4 Å². The van der Waals surface area contributed by atoms with Crippen molar-refractivity contribution >= 4 is 17.3 Å². The van der Waals surface area contributed by atoms with Gasteiger partial charge in [-0.05, 0) is 48.9 Å². The lowest BCUT2D eigenvalue weighted by Gasteiger charge is -2.28. The van der Waals surface area contributed by atoms with Gasteiger partial charge in [0.15, 0.2) is 5.54 Å². The van der Waals surface area contributed by atoms with Gasteiger partial charge in [0.2, 0.25) is 0 Å². The fourth-order valence-electron chi connectivity index (χ4n) is 2.15. The maximum Gasteiger partial charge on any atom is 0.333 e. The Morgan fingerprint density at radius 3 is 2.41 bits per heavy atom. The number of rotatable bonds is 5. The van der Waals surface area contributed by atoms with Crippen LogP contribution in [0.3, 0.4) is 0 Å². The highest BCUT2D eigenvalue weighted by Crippen LogP contribution is 2.28. The molecule has 0 bridgehead atoms. The predicted molar refractivity (Wildman–Crippen MR) is 85.8 cm³/mol. The molecule has 5 heteroatoms. The van der Waals surface area contributed by atoms with Gasteiger partial charge in [-0.15, -0.1) is 0 Å². The van der Waals surface area contributed by atoms with E-state index in [0.717, 1.165) is 5.69 Å². The van der Waals surface area contributed by atoms with Crippen molar-refractivity contribution in [3.05, 3.63) is 59.7 Å². The molecule has 0 aliphatic carbocycles. The lowest BCUT2D eigenvalue weighted by molar-refractivity contribution is -0.142. The maximum atomic E-state index is 11.8. The Morgan fingerprint density at radius 2 is 1.86 bits per heavy atom. The van der Waals surface area contributed by atoms with Crippen LogP contribution >= 0.6 is 0 Å². The summed E-state index contributed by atoms with van der Waals surface area (Å²) in [7, 11) is 1.78. The van der Waals surface area contributed by atoms with Gasteiger partial charge >= 0.3 is 5.97 Å². The normalized spacial score (nSPS) is 12.8. The Labute approximate surface area is 129 Å². The first-order valence-electron chi connectivity index (χ1n) is 6.79. The summed E-state index contributed by atoms with van der Waals surface area (Å²) >= 11 is 0. The number of hydrogen-bond acceptors (Lipinski definition) is 4. The van der Waals surface area contributed by atoms with Crippen molar-refractivity contribution in [2.45, 2.75) is 12.5 Å². The van der Waals surface area contributed by atoms with Crippen LogP contribution in [-0.4, -0.2) is 18.1 Å². The number of carbonyl (C=O) groups is 1. The molecule has 0 aliphatic heterocycles. The fraction of sp³-hybridized carbons (Fsp3) is 0.176. The molecule has 0 aliphatic rings. The smallest absolute Gasteiger partial charge is 0.333 e. The van der Waals surface area contributed by atoms with Crippen molar-refractivity contribution in [3.63, 3.8) is 0 Å². The molecule has 22 heavy (non-hydrogen) atoms. The Kier molecular flexibility index (Phi) is 4.33. The summed E-state index contributed by atoms with van der Waals surface area (Å²) in [4.78, 5) is 11.8. The molecule has 1 atom stereocenters. The van der Waals surface area contributed by atoms with E-state index in [9.17, 15) is 9.90 Å².